The fourth-order valence-electron chi connectivity index (χ4n) is 2.13. The zero-order valence-electron chi connectivity index (χ0n) is 10.7. The molecule has 0 fully saturated rings. The van der Waals surface area contributed by atoms with Crippen LogP contribution in [-0.4, -0.2) is 26.6 Å². The molecule has 2 aromatic rings. The van der Waals surface area contributed by atoms with Gasteiger partial charge in [0.2, 0.25) is 0 Å². The van der Waals surface area contributed by atoms with E-state index in [0.29, 0.717) is 5.75 Å². The molecule has 1 aliphatic rings. The molecule has 0 aliphatic carbocycles. The highest BCUT2D eigenvalue weighted by Crippen LogP contribution is 2.36. The molecule has 0 amide bonds. The van der Waals surface area contributed by atoms with Crippen molar-refractivity contribution in [3.63, 3.8) is 0 Å². The Morgan fingerprint density at radius 3 is 2.90 bits per heavy atom. The quantitative estimate of drug-likeness (QED) is 0.849. The Balaban J connectivity index is 2.17. The number of aromatic nitrogens is 1. The van der Waals surface area contributed by atoms with Crippen LogP contribution in [0.4, 0.5) is 10.1 Å². The van der Waals surface area contributed by atoms with Crippen LogP contribution < -0.4 is 9.04 Å². The van der Waals surface area contributed by atoms with Gasteiger partial charge in [0.05, 0.1) is 17.8 Å². The lowest BCUT2D eigenvalue weighted by Gasteiger charge is -2.30. The number of pyridine rings is 1. The highest BCUT2D eigenvalue weighted by Gasteiger charge is 2.33. The minimum atomic E-state index is -4.13. The van der Waals surface area contributed by atoms with E-state index in [4.69, 9.17) is 16.3 Å². The SMILES string of the molecule is O=S(=O)(c1c(F)cccc1Cl)N1CCOc2ccncc21. The Hall–Kier alpha value is -1.86. The molecule has 0 atom stereocenters. The number of anilines is 1. The molecule has 0 spiro atoms. The van der Waals surface area contributed by atoms with Gasteiger partial charge >= 0.3 is 0 Å². The van der Waals surface area contributed by atoms with E-state index in [2.05, 4.69) is 4.98 Å². The number of halogens is 2. The standard InChI is InChI=1S/C13H10ClFN2O3S/c14-9-2-1-3-10(15)13(9)21(18,19)17-6-7-20-12-4-5-16-8-11(12)17/h1-5,8H,6-7H2. The third-order valence-electron chi connectivity index (χ3n) is 3.05. The number of hydrogen-bond acceptors (Lipinski definition) is 4. The molecule has 8 heteroatoms. The summed E-state index contributed by atoms with van der Waals surface area (Å²) in [7, 11) is -4.13. The lowest BCUT2D eigenvalue weighted by molar-refractivity contribution is 0.315. The first-order valence-corrected chi connectivity index (χ1v) is 7.87. The third kappa shape index (κ3) is 2.32. The van der Waals surface area contributed by atoms with E-state index >= 15 is 0 Å². The smallest absolute Gasteiger partial charge is 0.269 e. The first kappa shape index (κ1) is 14.1. The highest BCUT2D eigenvalue weighted by atomic mass is 35.5. The average molecular weight is 329 g/mol. The maximum absolute atomic E-state index is 13.9. The molecule has 110 valence electrons. The molecule has 0 N–H and O–H groups in total. The van der Waals surface area contributed by atoms with Crippen molar-refractivity contribution in [3.8, 4) is 5.75 Å². The second-order valence-corrected chi connectivity index (χ2v) is 6.53. The van der Waals surface area contributed by atoms with Crippen LogP contribution in [0.3, 0.4) is 0 Å². The molecule has 3 rings (SSSR count). The second kappa shape index (κ2) is 5.16. The first-order chi connectivity index (χ1) is 10.0. The molecule has 0 saturated heterocycles. The normalized spacial score (nSPS) is 14.5. The molecule has 21 heavy (non-hydrogen) atoms. The average Bonchev–Trinajstić information content (AvgIpc) is 2.46. The maximum Gasteiger partial charge on any atom is 0.269 e. The summed E-state index contributed by atoms with van der Waals surface area (Å²) < 4.78 is 45.8. The summed E-state index contributed by atoms with van der Waals surface area (Å²) in [6, 6.07) is 5.30. The Morgan fingerprint density at radius 1 is 1.33 bits per heavy atom. The molecule has 5 nitrogen and oxygen atoms in total. The molecule has 1 aromatic heterocycles. The monoisotopic (exact) mass is 328 g/mol. The lowest BCUT2D eigenvalue weighted by atomic mass is 10.3. The fraction of sp³-hybridized carbons (Fsp3) is 0.154. The van der Waals surface area contributed by atoms with Gasteiger partial charge in [0.1, 0.15) is 28.8 Å². The predicted octanol–water partition coefficient (Wildman–Crippen LogP) is 2.46. The van der Waals surface area contributed by atoms with Crippen molar-refractivity contribution < 1.29 is 17.5 Å². The van der Waals surface area contributed by atoms with Gasteiger partial charge in [-0.05, 0) is 12.1 Å². The molecular formula is C13H10ClFN2O3S. The molecule has 0 saturated carbocycles. The van der Waals surface area contributed by atoms with Crippen LogP contribution in [0, 0.1) is 5.82 Å². The van der Waals surface area contributed by atoms with E-state index in [0.717, 1.165) is 10.4 Å². The second-order valence-electron chi connectivity index (χ2n) is 4.32. The van der Waals surface area contributed by atoms with Gasteiger partial charge in [-0.15, -0.1) is 0 Å². The Bertz CT molecular complexity index is 778. The lowest BCUT2D eigenvalue weighted by Crippen LogP contribution is -2.38. The van der Waals surface area contributed by atoms with Crippen LogP contribution in [0.5, 0.6) is 5.75 Å². The Morgan fingerprint density at radius 2 is 2.14 bits per heavy atom. The van der Waals surface area contributed by atoms with Crippen LogP contribution >= 0.6 is 11.6 Å². The zero-order valence-corrected chi connectivity index (χ0v) is 12.2. The molecule has 1 aliphatic heterocycles. The minimum absolute atomic E-state index is 0.0612. The molecule has 1 aromatic carbocycles. The summed E-state index contributed by atoms with van der Waals surface area (Å²) in [6.07, 6.45) is 2.85. The van der Waals surface area contributed by atoms with Gasteiger partial charge in [-0.25, -0.2) is 12.8 Å². The van der Waals surface area contributed by atoms with Crippen molar-refractivity contribution in [2.75, 3.05) is 17.5 Å². The van der Waals surface area contributed by atoms with Gasteiger partial charge in [-0.3, -0.25) is 9.29 Å². The van der Waals surface area contributed by atoms with Crippen LogP contribution in [0.1, 0.15) is 0 Å². The predicted molar refractivity (Wildman–Crippen MR) is 75.7 cm³/mol. The van der Waals surface area contributed by atoms with Crippen LogP contribution in [0.15, 0.2) is 41.6 Å². The highest BCUT2D eigenvalue weighted by molar-refractivity contribution is 7.93. The van der Waals surface area contributed by atoms with Crippen molar-refractivity contribution >= 4 is 27.3 Å². The summed E-state index contributed by atoms with van der Waals surface area (Å²) >= 11 is 5.87. The van der Waals surface area contributed by atoms with E-state index in [1.807, 2.05) is 0 Å². The van der Waals surface area contributed by atoms with Gasteiger partial charge in [0, 0.05) is 12.3 Å². The topological polar surface area (TPSA) is 59.5 Å². The van der Waals surface area contributed by atoms with Crippen molar-refractivity contribution in [2.45, 2.75) is 4.90 Å². The fourth-order valence-corrected chi connectivity index (χ4v) is 4.15. The summed E-state index contributed by atoms with van der Waals surface area (Å²) in [5, 5.41) is -0.160. The number of rotatable bonds is 2. The largest absolute Gasteiger partial charge is 0.489 e. The van der Waals surface area contributed by atoms with Crippen molar-refractivity contribution in [2.24, 2.45) is 0 Å². The van der Waals surface area contributed by atoms with Gasteiger partial charge in [-0.2, -0.15) is 0 Å². The van der Waals surface area contributed by atoms with E-state index < -0.39 is 20.7 Å². The summed E-state index contributed by atoms with van der Waals surface area (Å²) in [5.74, 6) is -0.508. The number of ether oxygens (including phenoxy) is 1. The van der Waals surface area contributed by atoms with Crippen molar-refractivity contribution in [1.82, 2.24) is 4.98 Å². The van der Waals surface area contributed by atoms with E-state index in [1.54, 1.807) is 6.07 Å². The van der Waals surface area contributed by atoms with E-state index in [-0.39, 0.29) is 23.9 Å². The first-order valence-electron chi connectivity index (χ1n) is 6.05. The number of hydrogen-bond donors (Lipinski definition) is 0. The van der Waals surface area contributed by atoms with Crippen molar-refractivity contribution in [1.29, 1.82) is 0 Å². The summed E-state index contributed by atoms with van der Waals surface area (Å²) in [4.78, 5) is 3.35. The Labute approximate surface area is 126 Å². The number of sulfonamides is 1. The van der Waals surface area contributed by atoms with E-state index in [1.165, 1.54) is 24.5 Å². The number of benzene rings is 1. The van der Waals surface area contributed by atoms with Crippen LogP contribution in [0.2, 0.25) is 5.02 Å². The van der Waals surface area contributed by atoms with Gasteiger partial charge < -0.3 is 4.74 Å². The van der Waals surface area contributed by atoms with Gasteiger partial charge in [-0.1, -0.05) is 17.7 Å². The summed E-state index contributed by atoms with van der Waals surface area (Å²) in [6.45, 7) is 0.230. The zero-order chi connectivity index (χ0) is 15.0. The van der Waals surface area contributed by atoms with Crippen molar-refractivity contribution in [3.05, 3.63) is 47.5 Å². The summed E-state index contributed by atoms with van der Waals surface area (Å²) in [5.41, 5.74) is 0.267. The third-order valence-corrected chi connectivity index (χ3v) is 5.37. The number of fused-ring (bicyclic) bond motifs is 1. The molecule has 0 bridgehead atoms. The maximum atomic E-state index is 13.9. The van der Waals surface area contributed by atoms with Gasteiger partial charge in [0.25, 0.3) is 10.0 Å². The molecular weight excluding hydrogens is 319 g/mol. The van der Waals surface area contributed by atoms with Crippen LogP contribution in [0.25, 0.3) is 0 Å². The Kier molecular flexibility index (Phi) is 3.46. The van der Waals surface area contributed by atoms with Gasteiger partial charge in [0.15, 0.2) is 0 Å². The van der Waals surface area contributed by atoms with E-state index in [9.17, 15) is 12.8 Å². The molecule has 0 radical (unpaired) electrons. The molecule has 0 unspecified atom stereocenters. The minimum Gasteiger partial charge on any atom is -0.489 e. The van der Waals surface area contributed by atoms with Crippen LogP contribution in [-0.2, 0) is 10.0 Å². The molecule has 2 heterocycles. The number of nitrogens with zero attached hydrogens (tertiary/aromatic N) is 2.